The summed E-state index contributed by atoms with van der Waals surface area (Å²) in [7, 11) is 1.83. The van der Waals surface area contributed by atoms with Crippen LogP contribution in [0.4, 0.5) is 4.39 Å². The summed E-state index contributed by atoms with van der Waals surface area (Å²) in [5.41, 5.74) is 2.41. The van der Waals surface area contributed by atoms with Gasteiger partial charge in [-0.25, -0.2) is 4.39 Å². The van der Waals surface area contributed by atoms with Crippen LogP contribution in [0, 0.1) is 12.7 Å². The molecule has 1 unspecified atom stereocenters. The van der Waals surface area contributed by atoms with Crippen LogP contribution in [0.25, 0.3) is 0 Å². The Balaban J connectivity index is 2.49. The molecule has 1 N–H and O–H groups in total. The third kappa shape index (κ3) is 3.16. The van der Waals surface area contributed by atoms with E-state index in [2.05, 4.69) is 21.2 Å². The van der Waals surface area contributed by atoms with Crippen molar-refractivity contribution in [3.05, 3.63) is 68.4 Å². The number of hydrogen-bond acceptors (Lipinski definition) is 1. The minimum absolute atomic E-state index is 0.139. The van der Waals surface area contributed by atoms with Crippen LogP contribution < -0.4 is 5.32 Å². The quantitative estimate of drug-likeness (QED) is 0.840. The van der Waals surface area contributed by atoms with Gasteiger partial charge in [0.25, 0.3) is 0 Å². The van der Waals surface area contributed by atoms with E-state index >= 15 is 0 Å². The SMILES string of the molecule is CNC(c1ccc(C)c(F)c1)c1cc(Br)ccc1Cl. The maximum absolute atomic E-state index is 13.7. The molecule has 0 fully saturated rings. The number of nitrogens with one attached hydrogen (secondary N) is 1. The third-order valence-electron chi connectivity index (χ3n) is 3.09. The van der Waals surface area contributed by atoms with Crippen molar-refractivity contribution in [3.63, 3.8) is 0 Å². The van der Waals surface area contributed by atoms with Crippen LogP contribution in [0.5, 0.6) is 0 Å². The van der Waals surface area contributed by atoms with E-state index in [1.54, 1.807) is 19.1 Å². The lowest BCUT2D eigenvalue weighted by molar-refractivity contribution is 0.608. The zero-order valence-corrected chi connectivity index (χ0v) is 13.0. The molecule has 2 rings (SSSR count). The first kappa shape index (κ1) is 14.5. The molecule has 0 heterocycles. The molecule has 0 aliphatic rings. The molecule has 0 aromatic heterocycles. The first-order valence-electron chi connectivity index (χ1n) is 5.91. The summed E-state index contributed by atoms with van der Waals surface area (Å²) in [5, 5.41) is 3.83. The molecule has 0 amide bonds. The second-order valence-corrected chi connectivity index (χ2v) is 5.72. The molecule has 1 atom stereocenters. The van der Waals surface area contributed by atoms with Gasteiger partial charge in [0, 0.05) is 9.50 Å². The minimum Gasteiger partial charge on any atom is -0.309 e. The van der Waals surface area contributed by atoms with E-state index in [1.165, 1.54) is 0 Å². The molecule has 19 heavy (non-hydrogen) atoms. The van der Waals surface area contributed by atoms with Gasteiger partial charge in [-0.2, -0.15) is 0 Å². The fourth-order valence-corrected chi connectivity index (χ4v) is 2.63. The Kier molecular flexibility index (Phi) is 4.61. The maximum Gasteiger partial charge on any atom is 0.126 e. The summed E-state index contributed by atoms with van der Waals surface area (Å²) < 4.78 is 14.6. The third-order valence-corrected chi connectivity index (χ3v) is 3.92. The van der Waals surface area contributed by atoms with Crippen molar-refractivity contribution >= 4 is 27.5 Å². The molecule has 2 aromatic rings. The molecule has 0 aliphatic heterocycles. The molecule has 1 nitrogen and oxygen atoms in total. The number of aryl methyl sites for hydroxylation is 1. The van der Waals surface area contributed by atoms with E-state index < -0.39 is 0 Å². The average Bonchev–Trinajstić information content (AvgIpc) is 2.38. The summed E-state index contributed by atoms with van der Waals surface area (Å²) in [6.45, 7) is 1.75. The standard InChI is InChI=1S/C15H14BrClFN/c1-9-3-4-10(7-14(9)18)15(19-2)12-8-11(16)5-6-13(12)17/h3-8,15,19H,1-2H3. The fraction of sp³-hybridized carbons (Fsp3) is 0.200. The molecule has 0 spiro atoms. The molecular weight excluding hydrogens is 329 g/mol. The highest BCUT2D eigenvalue weighted by Gasteiger charge is 2.16. The van der Waals surface area contributed by atoms with E-state index in [1.807, 2.05) is 31.3 Å². The first-order valence-corrected chi connectivity index (χ1v) is 7.08. The second kappa shape index (κ2) is 6.04. The summed E-state index contributed by atoms with van der Waals surface area (Å²) in [4.78, 5) is 0. The van der Waals surface area contributed by atoms with Gasteiger partial charge in [-0.05, 0) is 54.9 Å². The van der Waals surface area contributed by atoms with Crippen LogP contribution in [0.2, 0.25) is 5.02 Å². The highest BCUT2D eigenvalue weighted by molar-refractivity contribution is 9.10. The molecular formula is C15H14BrClFN. The molecule has 100 valence electrons. The average molecular weight is 343 g/mol. The normalized spacial score (nSPS) is 12.5. The van der Waals surface area contributed by atoms with Crippen LogP contribution in [0.3, 0.4) is 0 Å². The lowest BCUT2D eigenvalue weighted by atomic mass is 9.97. The predicted octanol–water partition coefficient (Wildman–Crippen LogP) is 4.86. The van der Waals surface area contributed by atoms with E-state index in [4.69, 9.17) is 11.6 Å². The summed E-state index contributed by atoms with van der Waals surface area (Å²) in [5.74, 6) is -0.205. The molecule has 0 radical (unpaired) electrons. The maximum atomic E-state index is 13.7. The summed E-state index contributed by atoms with van der Waals surface area (Å²) >= 11 is 9.67. The topological polar surface area (TPSA) is 12.0 Å². The smallest absolute Gasteiger partial charge is 0.126 e. The Labute approximate surface area is 125 Å². The van der Waals surface area contributed by atoms with Gasteiger partial charge in [-0.1, -0.05) is 39.7 Å². The Bertz CT molecular complexity index is 601. The van der Waals surface area contributed by atoms with Crippen LogP contribution in [0.1, 0.15) is 22.7 Å². The largest absolute Gasteiger partial charge is 0.309 e. The van der Waals surface area contributed by atoms with Gasteiger partial charge < -0.3 is 5.32 Å². The van der Waals surface area contributed by atoms with Crippen LogP contribution in [0.15, 0.2) is 40.9 Å². The number of benzene rings is 2. The van der Waals surface area contributed by atoms with Gasteiger partial charge >= 0.3 is 0 Å². The van der Waals surface area contributed by atoms with Gasteiger partial charge in [0.1, 0.15) is 5.82 Å². The van der Waals surface area contributed by atoms with Crippen molar-refractivity contribution < 1.29 is 4.39 Å². The van der Waals surface area contributed by atoms with Crippen LogP contribution in [-0.2, 0) is 0 Å². The van der Waals surface area contributed by atoms with Gasteiger partial charge in [0.2, 0.25) is 0 Å². The number of halogens is 3. The van der Waals surface area contributed by atoms with Crippen molar-refractivity contribution in [2.24, 2.45) is 0 Å². The summed E-state index contributed by atoms with van der Waals surface area (Å²) in [6.07, 6.45) is 0. The first-order chi connectivity index (χ1) is 9.02. The molecule has 2 aromatic carbocycles. The van der Waals surface area contributed by atoms with E-state index in [0.717, 1.165) is 15.6 Å². The van der Waals surface area contributed by atoms with E-state index in [0.29, 0.717) is 10.6 Å². The van der Waals surface area contributed by atoms with Crippen molar-refractivity contribution in [2.45, 2.75) is 13.0 Å². The lowest BCUT2D eigenvalue weighted by Gasteiger charge is -2.19. The van der Waals surface area contributed by atoms with Crippen molar-refractivity contribution in [1.82, 2.24) is 5.32 Å². The summed E-state index contributed by atoms with van der Waals surface area (Å²) in [6, 6.07) is 10.8. The predicted molar refractivity (Wildman–Crippen MR) is 81.2 cm³/mol. The highest BCUT2D eigenvalue weighted by atomic mass is 79.9. The van der Waals surface area contributed by atoms with Crippen LogP contribution >= 0.6 is 27.5 Å². The molecule has 0 bridgehead atoms. The van der Waals surface area contributed by atoms with E-state index in [-0.39, 0.29) is 11.9 Å². The van der Waals surface area contributed by atoms with Gasteiger partial charge in [0.05, 0.1) is 6.04 Å². The van der Waals surface area contributed by atoms with Crippen LogP contribution in [-0.4, -0.2) is 7.05 Å². The Morgan fingerprint density at radius 1 is 1.21 bits per heavy atom. The lowest BCUT2D eigenvalue weighted by Crippen LogP contribution is -2.18. The monoisotopic (exact) mass is 341 g/mol. The van der Waals surface area contributed by atoms with Crippen molar-refractivity contribution in [2.75, 3.05) is 7.05 Å². The molecule has 0 saturated heterocycles. The number of hydrogen-bond donors (Lipinski definition) is 1. The highest BCUT2D eigenvalue weighted by Crippen LogP contribution is 2.31. The molecule has 0 saturated carbocycles. The van der Waals surface area contributed by atoms with E-state index in [9.17, 15) is 4.39 Å². The minimum atomic E-state index is -0.205. The zero-order valence-electron chi connectivity index (χ0n) is 10.7. The van der Waals surface area contributed by atoms with Gasteiger partial charge in [0.15, 0.2) is 0 Å². The van der Waals surface area contributed by atoms with Gasteiger partial charge in [-0.3, -0.25) is 0 Å². The Morgan fingerprint density at radius 3 is 2.58 bits per heavy atom. The Hall–Kier alpha value is -0.900. The molecule has 0 aliphatic carbocycles. The number of rotatable bonds is 3. The molecule has 4 heteroatoms. The Morgan fingerprint density at radius 2 is 1.95 bits per heavy atom. The fourth-order valence-electron chi connectivity index (χ4n) is 2.03. The zero-order chi connectivity index (χ0) is 14.0. The van der Waals surface area contributed by atoms with Crippen molar-refractivity contribution in [1.29, 1.82) is 0 Å². The van der Waals surface area contributed by atoms with Crippen molar-refractivity contribution in [3.8, 4) is 0 Å². The van der Waals surface area contributed by atoms with Gasteiger partial charge in [-0.15, -0.1) is 0 Å². The second-order valence-electron chi connectivity index (χ2n) is 4.40.